The Labute approximate surface area is 88.3 Å². The first kappa shape index (κ1) is 10.4. The van der Waals surface area contributed by atoms with Gasteiger partial charge in [-0.3, -0.25) is 4.90 Å². The first-order valence-electron chi connectivity index (χ1n) is 6.01. The number of likely N-dealkylation sites (N-methyl/N-ethyl adjacent to an activating group) is 2. The molecular weight excluding hydrogens is 172 g/mol. The molecule has 0 radical (unpaired) electrons. The lowest BCUT2D eigenvalue weighted by Crippen LogP contribution is -2.60. The molecule has 2 aliphatic heterocycles. The Morgan fingerprint density at radius 2 is 1.71 bits per heavy atom. The van der Waals surface area contributed by atoms with E-state index in [1.807, 2.05) is 0 Å². The minimum Gasteiger partial charge on any atom is -0.302 e. The number of hydrogen-bond donors (Lipinski definition) is 0. The van der Waals surface area contributed by atoms with E-state index in [-0.39, 0.29) is 0 Å². The van der Waals surface area contributed by atoms with Gasteiger partial charge in [0.25, 0.3) is 0 Å². The Hall–Kier alpha value is -0.0800. The van der Waals surface area contributed by atoms with E-state index in [9.17, 15) is 0 Å². The highest BCUT2D eigenvalue weighted by molar-refractivity contribution is 4.95. The van der Waals surface area contributed by atoms with Gasteiger partial charge in [-0.25, -0.2) is 0 Å². The lowest BCUT2D eigenvalue weighted by atomic mass is 9.82. The van der Waals surface area contributed by atoms with Gasteiger partial charge in [0.05, 0.1) is 0 Å². The Morgan fingerprint density at radius 3 is 2.43 bits per heavy atom. The van der Waals surface area contributed by atoms with Crippen molar-refractivity contribution in [1.29, 1.82) is 0 Å². The zero-order valence-corrected chi connectivity index (χ0v) is 10.0. The third-order valence-electron chi connectivity index (χ3n) is 4.35. The summed E-state index contributed by atoms with van der Waals surface area (Å²) in [5.41, 5.74) is 0. The molecule has 2 heteroatoms. The van der Waals surface area contributed by atoms with Crippen molar-refractivity contribution in [2.45, 2.75) is 51.2 Å². The Bertz CT molecular complexity index is 204. The Balaban J connectivity index is 2.11. The highest BCUT2D eigenvalue weighted by atomic mass is 15.3. The average molecular weight is 196 g/mol. The van der Waals surface area contributed by atoms with Gasteiger partial charge in [0, 0.05) is 24.7 Å². The summed E-state index contributed by atoms with van der Waals surface area (Å²) in [5, 5.41) is 0. The van der Waals surface area contributed by atoms with Crippen LogP contribution in [0.15, 0.2) is 0 Å². The predicted molar refractivity (Wildman–Crippen MR) is 60.4 cm³/mol. The summed E-state index contributed by atoms with van der Waals surface area (Å²) in [6.07, 6.45) is 4.17. The van der Waals surface area contributed by atoms with Crippen LogP contribution in [-0.2, 0) is 0 Å². The minimum absolute atomic E-state index is 0.787. The van der Waals surface area contributed by atoms with Gasteiger partial charge in [0.1, 0.15) is 0 Å². The van der Waals surface area contributed by atoms with Crippen molar-refractivity contribution in [2.24, 2.45) is 5.92 Å². The molecule has 2 heterocycles. The second kappa shape index (κ2) is 3.82. The molecule has 14 heavy (non-hydrogen) atoms. The van der Waals surface area contributed by atoms with Crippen LogP contribution in [0.1, 0.15) is 33.1 Å². The summed E-state index contributed by atoms with van der Waals surface area (Å²) in [4.78, 5) is 5.20. The second-order valence-corrected chi connectivity index (χ2v) is 5.51. The Morgan fingerprint density at radius 1 is 1.00 bits per heavy atom. The molecule has 0 unspecified atom stereocenters. The van der Waals surface area contributed by atoms with Crippen molar-refractivity contribution in [2.75, 3.05) is 20.6 Å². The number of nitrogens with zero attached hydrogens (tertiary/aromatic N) is 2. The third kappa shape index (κ3) is 1.70. The molecule has 2 nitrogen and oxygen atoms in total. The maximum atomic E-state index is 2.61. The standard InChI is InChI=1S/C12H24N2/c1-9-7-12-11(13(3)8-9)6-5-10(2)14(12)4/h9-12H,5-8H2,1-4H3/t9-,10+,11-,12-/m0/s1. The van der Waals surface area contributed by atoms with E-state index in [1.165, 1.54) is 25.8 Å². The van der Waals surface area contributed by atoms with Crippen molar-refractivity contribution in [3.8, 4) is 0 Å². The number of hydrogen-bond acceptors (Lipinski definition) is 2. The third-order valence-corrected chi connectivity index (χ3v) is 4.35. The molecule has 2 saturated heterocycles. The fourth-order valence-corrected chi connectivity index (χ4v) is 3.36. The molecule has 0 bridgehead atoms. The van der Waals surface area contributed by atoms with Gasteiger partial charge >= 0.3 is 0 Å². The molecule has 0 saturated carbocycles. The van der Waals surface area contributed by atoms with Crippen molar-refractivity contribution < 1.29 is 0 Å². The van der Waals surface area contributed by atoms with Crippen LogP contribution in [0.5, 0.6) is 0 Å². The summed E-state index contributed by atoms with van der Waals surface area (Å²) >= 11 is 0. The first-order valence-corrected chi connectivity index (χ1v) is 6.01. The van der Waals surface area contributed by atoms with Gasteiger partial charge in [-0.1, -0.05) is 6.92 Å². The molecular formula is C12H24N2. The van der Waals surface area contributed by atoms with E-state index in [0.717, 1.165) is 24.0 Å². The molecule has 2 aliphatic rings. The number of rotatable bonds is 0. The molecule has 4 atom stereocenters. The summed E-state index contributed by atoms with van der Waals surface area (Å²) in [7, 11) is 4.62. The molecule has 0 aliphatic carbocycles. The van der Waals surface area contributed by atoms with Crippen LogP contribution in [0, 0.1) is 5.92 Å². The zero-order valence-electron chi connectivity index (χ0n) is 10.0. The number of likely N-dealkylation sites (tertiary alicyclic amines) is 2. The van der Waals surface area contributed by atoms with Crippen molar-refractivity contribution >= 4 is 0 Å². The van der Waals surface area contributed by atoms with E-state index in [0.29, 0.717) is 0 Å². The van der Waals surface area contributed by atoms with E-state index in [4.69, 9.17) is 0 Å². The number of fused-ring (bicyclic) bond motifs is 1. The summed E-state index contributed by atoms with van der Waals surface area (Å²) in [5.74, 6) is 0.869. The monoisotopic (exact) mass is 196 g/mol. The topological polar surface area (TPSA) is 6.48 Å². The molecule has 0 N–H and O–H groups in total. The fraction of sp³-hybridized carbons (Fsp3) is 1.00. The zero-order chi connectivity index (χ0) is 10.3. The maximum absolute atomic E-state index is 2.61. The van der Waals surface area contributed by atoms with Crippen molar-refractivity contribution in [3.05, 3.63) is 0 Å². The lowest BCUT2D eigenvalue weighted by molar-refractivity contribution is -0.0104. The van der Waals surface area contributed by atoms with Gasteiger partial charge in [-0.15, -0.1) is 0 Å². The van der Waals surface area contributed by atoms with Crippen LogP contribution >= 0.6 is 0 Å². The van der Waals surface area contributed by atoms with Crippen LogP contribution in [0.25, 0.3) is 0 Å². The summed E-state index contributed by atoms with van der Waals surface area (Å²) in [6.45, 7) is 6.05. The van der Waals surface area contributed by atoms with Crippen LogP contribution in [0.2, 0.25) is 0 Å². The van der Waals surface area contributed by atoms with E-state index in [1.54, 1.807) is 0 Å². The summed E-state index contributed by atoms with van der Waals surface area (Å²) < 4.78 is 0. The SMILES string of the molecule is C[C@H]1C[C@H]2[C@H](CC[C@@H](C)N2C)N(C)C1. The average Bonchev–Trinajstić information content (AvgIpc) is 2.12. The smallest absolute Gasteiger partial charge is 0.0254 e. The van der Waals surface area contributed by atoms with Crippen LogP contribution in [0.3, 0.4) is 0 Å². The quantitative estimate of drug-likeness (QED) is 0.583. The van der Waals surface area contributed by atoms with Gasteiger partial charge in [-0.05, 0) is 46.2 Å². The van der Waals surface area contributed by atoms with Crippen LogP contribution < -0.4 is 0 Å². The highest BCUT2D eigenvalue weighted by Gasteiger charge is 2.39. The largest absolute Gasteiger partial charge is 0.302 e. The van der Waals surface area contributed by atoms with E-state index in [2.05, 4.69) is 37.7 Å². The predicted octanol–water partition coefficient (Wildman–Crippen LogP) is 1.81. The van der Waals surface area contributed by atoms with Crippen molar-refractivity contribution in [3.63, 3.8) is 0 Å². The molecule has 2 rings (SSSR count). The molecule has 0 aromatic rings. The normalized spacial score (nSPS) is 46.3. The van der Waals surface area contributed by atoms with Crippen LogP contribution in [-0.4, -0.2) is 48.6 Å². The van der Waals surface area contributed by atoms with Gasteiger partial charge < -0.3 is 4.90 Å². The molecule has 82 valence electrons. The van der Waals surface area contributed by atoms with Gasteiger partial charge in [0.15, 0.2) is 0 Å². The van der Waals surface area contributed by atoms with E-state index >= 15 is 0 Å². The highest BCUT2D eigenvalue weighted by Crippen LogP contribution is 2.32. The Kier molecular flexibility index (Phi) is 2.85. The summed E-state index contributed by atoms with van der Waals surface area (Å²) in [6, 6.07) is 2.43. The van der Waals surface area contributed by atoms with Gasteiger partial charge in [0.2, 0.25) is 0 Å². The van der Waals surface area contributed by atoms with E-state index < -0.39 is 0 Å². The molecule has 0 aromatic carbocycles. The minimum atomic E-state index is 0.787. The van der Waals surface area contributed by atoms with Gasteiger partial charge in [-0.2, -0.15) is 0 Å². The number of piperidine rings is 2. The fourth-order valence-electron chi connectivity index (χ4n) is 3.36. The molecule has 0 aromatic heterocycles. The molecule has 2 fully saturated rings. The van der Waals surface area contributed by atoms with Crippen LogP contribution in [0.4, 0.5) is 0 Å². The van der Waals surface area contributed by atoms with Crippen molar-refractivity contribution in [1.82, 2.24) is 9.80 Å². The maximum Gasteiger partial charge on any atom is 0.0254 e. The first-order chi connectivity index (χ1) is 6.59. The molecule has 0 amide bonds. The molecule has 0 spiro atoms. The lowest BCUT2D eigenvalue weighted by Gasteiger charge is -2.51. The second-order valence-electron chi connectivity index (χ2n) is 5.51.